The van der Waals surface area contributed by atoms with Gasteiger partial charge in [-0.3, -0.25) is 0 Å². The van der Waals surface area contributed by atoms with Gasteiger partial charge in [0.2, 0.25) is 0 Å². The second-order valence-corrected chi connectivity index (χ2v) is 15.5. The van der Waals surface area contributed by atoms with E-state index in [0.717, 1.165) is 18.4 Å². The molecule has 0 amide bonds. The number of terminal acetylenes is 1. The zero-order chi connectivity index (χ0) is 23.7. The summed E-state index contributed by atoms with van der Waals surface area (Å²) in [6.07, 6.45) is 7.65. The number of unbranched alkanes of at least 4 members (excludes halogenated alkanes) is 2. The Bertz CT molecular complexity index is 835. The van der Waals surface area contributed by atoms with E-state index in [4.69, 9.17) is 24.0 Å². The summed E-state index contributed by atoms with van der Waals surface area (Å²) >= 11 is 0. The van der Waals surface area contributed by atoms with Crippen LogP contribution in [0.3, 0.4) is 0 Å². The van der Waals surface area contributed by atoms with Gasteiger partial charge in [0.05, 0.1) is 19.8 Å². The molecule has 6 nitrogen and oxygen atoms in total. The lowest BCUT2D eigenvalue weighted by molar-refractivity contribution is 0.240. The first-order valence-corrected chi connectivity index (χ1v) is 14.9. The first-order chi connectivity index (χ1) is 14.3. The van der Waals surface area contributed by atoms with Crippen LogP contribution in [0.4, 0.5) is 0 Å². The molecule has 1 aromatic carbocycles. The average molecular weight is 471 g/mol. The Kier molecular flexibility index (Phi) is 10.6. The van der Waals surface area contributed by atoms with Crippen LogP contribution in [0.5, 0.6) is 11.5 Å². The maximum absolute atomic E-state index is 12.1. The highest BCUT2D eigenvalue weighted by atomic mass is 32.3. The fourth-order valence-electron chi connectivity index (χ4n) is 2.19. The van der Waals surface area contributed by atoms with E-state index in [1.165, 1.54) is 0 Å². The van der Waals surface area contributed by atoms with Crippen LogP contribution in [0.15, 0.2) is 18.2 Å². The van der Waals surface area contributed by atoms with Crippen LogP contribution in [-0.4, -0.2) is 29.9 Å². The standard InChI is InChI=1S/C23H38O6SSi/c1-9-10-11-12-15-26-22-16-21(29-30(24,25)27-17-19(2)3)14-13-20(22)18-28-31(7,8)23(4,5)6/h1,13-14,16,19H,10-12,15,17-18H2,2-8H3. The molecule has 0 saturated heterocycles. The van der Waals surface area contributed by atoms with Gasteiger partial charge in [-0.05, 0) is 49.0 Å². The molecule has 0 unspecified atom stereocenters. The summed E-state index contributed by atoms with van der Waals surface area (Å²) in [5, 5.41) is 0.0775. The summed E-state index contributed by atoms with van der Waals surface area (Å²) in [6.45, 7) is 15.5. The molecular weight excluding hydrogens is 432 g/mol. The SMILES string of the molecule is C#CCCCCOc1cc(OS(=O)(=O)OCC(C)C)ccc1CO[Si](C)(C)C(C)(C)C. The minimum absolute atomic E-state index is 0.0549. The summed E-state index contributed by atoms with van der Waals surface area (Å²) in [6, 6.07) is 4.94. The van der Waals surface area contributed by atoms with E-state index in [0.29, 0.717) is 25.4 Å². The van der Waals surface area contributed by atoms with Crippen molar-refractivity contribution in [1.82, 2.24) is 0 Å². The largest absolute Gasteiger partial charge is 0.493 e. The second kappa shape index (κ2) is 11.9. The van der Waals surface area contributed by atoms with E-state index in [2.05, 4.69) is 39.8 Å². The molecule has 0 N–H and O–H groups in total. The van der Waals surface area contributed by atoms with E-state index in [-0.39, 0.29) is 23.3 Å². The molecule has 0 spiro atoms. The summed E-state index contributed by atoms with van der Waals surface area (Å²) in [7, 11) is -6.11. The highest BCUT2D eigenvalue weighted by molar-refractivity contribution is 7.82. The molecule has 0 fully saturated rings. The summed E-state index contributed by atoms with van der Waals surface area (Å²) in [5.41, 5.74) is 0.842. The van der Waals surface area contributed by atoms with Crippen molar-refractivity contribution < 1.29 is 25.9 Å². The van der Waals surface area contributed by atoms with Crippen LogP contribution < -0.4 is 8.92 Å². The van der Waals surface area contributed by atoms with Crippen LogP contribution >= 0.6 is 0 Å². The molecule has 176 valence electrons. The lowest BCUT2D eigenvalue weighted by Gasteiger charge is -2.36. The summed E-state index contributed by atoms with van der Waals surface area (Å²) < 4.78 is 46.4. The molecule has 31 heavy (non-hydrogen) atoms. The molecule has 0 atom stereocenters. The minimum Gasteiger partial charge on any atom is -0.493 e. The van der Waals surface area contributed by atoms with Crippen molar-refractivity contribution in [2.75, 3.05) is 13.2 Å². The zero-order valence-corrected chi connectivity index (χ0v) is 21.8. The monoisotopic (exact) mass is 470 g/mol. The van der Waals surface area contributed by atoms with E-state index in [1.807, 2.05) is 13.8 Å². The molecule has 0 aliphatic carbocycles. The third-order valence-corrected chi connectivity index (χ3v) is 10.5. The number of hydrogen-bond acceptors (Lipinski definition) is 6. The number of rotatable bonds is 13. The molecule has 0 radical (unpaired) electrons. The first kappa shape index (κ1) is 27.5. The normalized spacial score (nSPS) is 12.6. The number of hydrogen-bond donors (Lipinski definition) is 0. The maximum Gasteiger partial charge on any atom is 0.449 e. The molecular formula is C23H38O6SSi. The highest BCUT2D eigenvalue weighted by Gasteiger charge is 2.37. The fraction of sp³-hybridized carbons (Fsp3) is 0.652. The smallest absolute Gasteiger partial charge is 0.449 e. The number of benzene rings is 1. The molecule has 0 saturated carbocycles. The lowest BCUT2D eigenvalue weighted by atomic mass is 10.2. The van der Waals surface area contributed by atoms with Crippen molar-refractivity contribution in [1.29, 1.82) is 0 Å². The quantitative estimate of drug-likeness (QED) is 0.210. The molecule has 0 aliphatic heterocycles. The summed E-state index contributed by atoms with van der Waals surface area (Å²) in [5.74, 6) is 3.35. The van der Waals surface area contributed by atoms with Crippen LogP contribution in [-0.2, 0) is 25.6 Å². The lowest BCUT2D eigenvalue weighted by Crippen LogP contribution is -2.40. The average Bonchev–Trinajstić information content (AvgIpc) is 2.64. The predicted molar refractivity (Wildman–Crippen MR) is 127 cm³/mol. The number of ether oxygens (including phenoxy) is 1. The Morgan fingerprint density at radius 3 is 2.42 bits per heavy atom. The van der Waals surface area contributed by atoms with Gasteiger partial charge in [-0.2, -0.15) is 8.42 Å². The van der Waals surface area contributed by atoms with Crippen LogP contribution in [0.1, 0.15) is 59.4 Å². The molecule has 0 bridgehead atoms. The molecule has 0 heterocycles. The van der Waals surface area contributed by atoms with E-state index in [9.17, 15) is 8.42 Å². The Morgan fingerprint density at radius 2 is 1.84 bits per heavy atom. The molecule has 1 rings (SSSR count). The molecule has 1 aromatic rings. The van der Waals surface area contributed by atoms with Gasteiger partial charge in [0.25, 0.3) is 0 Å². The predicted octanol–water partition coefficient (Wildman–Crippen LogP) is 5.69. The van der Waals surface area contributed by atoms with Crippen molar-refractivity contribution in [2.24, 2.45) is 5.92 Å². The van der Waals surface area contributed by atoms with Crippen molar-refractivity contribution in [3.05, 3.63) is 23.8 Å². The van der Waals surface area contributed by atoms with E-state index >= 15 is 0 Å². The molecule has 0 aromatic heterocycles. The van der Waals surface area contributed by atoms with Gasteiger partial charge in [-0.25, -0.2) is 4.18 Å². The first-order valence-electron chi connectivity index (χ1n) is 10.7. The van der Waals surface area contributed by atoms with Gasteiger partial charge in [-0.1, -0.05) is 34.6 Å². The Hall–Kier alpha value is -1.53. The zero-order valence-electron chi connectivity index (χ0n) is 20.0. The third kappa shape index (κ3) is 10.1. The van der Waals surface area contributed by atoms with Crippen LogP contribution in [0.25, 0.3) is 0 Å². The highest BCUT2D eigenvalue weighted by Crippen LogP contribution is 2.38. The van der Waals surface area contributed by atoms with Crippen LogP contribution in [0, 0.1) is 18.3 Å². The Morgan fingerprint density at radius 1 is 1.16 bits per heavy atom. The fourth-order valence-corrected chi connectivity index (χ4v) is 3.96. The minimum atomic E-state index is -4.15. The van der Waals surface area contributed by atoms with Gasteiger partial charge in [0, 0.05) is 18.1 Å². The topological polar surface area (TPSA) is 71.1 Å². The second-order valence-electron chi connectivity index (χ2n) is 9.50. The van der Waals surface area contributed by atoms with Crippen molar-refractivity contribution >= 4 is 18.7 Å². The van der Waals surface area contributed by atoms with Crippen molar-refractivity contribution in [2.45, 2.75) is 78.6 Å². The van der Waals surface area contributed by atoms with Gasteiger partial charge >= 0.3 is 10.4 Å². The summed E-state index contributed by atoms with van der Waals surface area (Å²) in [4.78, 5) is 0. The van der Waals surface area contributed by atoms with E-state index < -0.39 is 18.7 Å². The van der Waals surface area contributed by atoms with E-state index in [1.54, 1.807) is 18.2 Å². The van der Waals surface area contributed by atoms with Crippen molar-refractivity contribution in [3.8, 4) is 23.8 Å². The van der Waals surface area contributed by atoms with Gasteiger partial charge < -0.3 is 13.3 Å². The Balaban J connectivity index is 2.99. The maximum atomic E-state index is 12.1. The third-order valence-electron chi connectivity index (χ3n) is 5.15. The molecule has 8 heteroatoms. The molecule has 0 aliphatic rings. The van der Waals surface area contributed by atoms with Crippen LogP contribution in [0.2, 0.25) is 18.1 Å². The van der Waals surface area contributed by atoms with Gasteiger partial charge in [-0.15, -0.1) is 12.3 Å². The van der Waals surface area contributed by atoms with Gasteiger partial charge in [0.15, 0.2) is 8.32 Å². The van der Waals surface area contributed by atoms with Crippen molar-refractivity contribution in [3.63, 3.8) is 0 Å². The van der Waals surface area contributed by atoms with Gasteiger partial charge in [0.1, 0.15) is 11.5 Å². The Labute approximate surface area is 190 Å².